The molecule has 0 saturated heterocycles. The van der Waals surface area contributed by atoms with Crippen LogP contribution in [0, 0.1) is 13.8 Å². The maximum atomic E-state index is 6.67. The van der Waals surface area contributed by atoms with Crippen LogP contribution >= 0.6 is 27.5 Å². The summed E-state index contributed by atoms with van der Waals surface area (Å²) >= 11 is 10.2. The molecule has 0 bridgehead atoms. The largest absolute Gasteiger partial charge is 0.493 e. The first-order valence-corrected chi connectivity index (χ1v) is 7.83. The lowest BCUT2D eigenvalue weighted by atomic mass is 9.98. The van der Waals surface area contributed by atoms with Crippen LogP contribution in [0.5, 0.6) is 11.5 Å². The van der Waals surface area contributed by atoms with Crippen molar-refractivity contribution in [3.63, 3.8) is 0 Å². The topological polar surface area (TPSA) is 18.5 Å². The molecule has 0 aliphatic heterocycles. The van der Waals surface area contributed by atoms with Gasteiger partial charge < -0.3 is 9.47 Å². The second kappa shape index (κ2) is 6.71. The minimum Gasteiger partial charge on any atom is -0.493 e. The number of ether oxygens (including phenoxy) is 2. The number of hydrogen-bond acceptors (Lipinski definition) is 2. The van der Waals surface area contributed by atoms with E-state index in [-0.39, 0.29) is 5.38 Å². The summed E-state index contributed by atoms with van der Waals surface area (Å²) < 4.78 is 11.8. The Morgan fingerprint density at radius 2 is 1.57 bits per heavy atom. The van der Waals surface area contributed by atoms with E-state index in [0.29, 0.717) is 5.75 Å². The van der Waals surface area contributed by atoms with Gasteiger partial charge in [-0.25, -0.2) is 0 Å². The molecule has 0 heterocycles. The van der Waals surface area contributed by atoms with Crippen LogP contribution in [-0.2, 0) is 0 Å². The molecule has 0 saturated carbocycles. The Kier molecular flexibility index (Phi) is 5.17. The average molecular weight is 370 g/mol. The van der Waals surface area contributed by atoms with Gasteiger partial charge in [0.25, 0.3) is 0 Å². The highest BCUT2D eigenvalue weighted by molar-refractivity contribution is 9.10. The van der Waals surface area contributed by atoms with E-state index >= 15 is 0 Å². The first kappa shape index (κ1) is 16.2. The van der Waals surface area contributed by atoms with E-state index < -0.39 is 0 Å². The first-order valence-electron chi connectivity index (χ1n) is 6.60. The monoisotopic (exact) mass is 368 g/mol. The van der Waals surface area contributed by atoms with Crippen molar-refractivity contribution >= 4 is 27.5 Å². The highest BCUT2D eigenvalue weighted by Crippen LogP contribution is 2.38. The molecule has 0 aliphatic rings. The molecule has 0 aromatic heterocycles. The van der Waals surface area contributed by atoms with E-state index in [9.17, 15) is 0 Å². The Bertz CT molecular complexity index is 655. The molecule has 2 aromatic carbocycles. The first-order chi connectivity index (χ1) is 9.97. The molecule has 112 valence electrons. The third kappa shape index (κ3) is 3.35. The zero-order valence-electron chi connectivity index (χ0n) is 12.5. The molecule has 2 nitrogen and oxygen atoms in total. The highest BCUT2D eigenvalue weighted by Gasteiger charge is 2.17. The predicted molar refractivity (Wildman–Crippen MR) is 90.9 cm³/mol. The number of methoxy groups -OCH3 is 2. The SMILES string of the molecule is COc1cc(C)c(C(Cl)c2ccc(Br)c(C)c2)cc1OC. The Labute approximate surface area is 139 Å². The highest BCUT2D eigenvalue weighted by atomic mass is 79.9. The third-order valence-electron chi connectivity index (χ3n) is 3.52. The number of benzene rings is 2. The Morgan fingerprint density at radius 1 is 0.952 bits per heavy atom. The summed E-state index contributed by atoms with van der Waals surface area (Å²) in [6.45, 7) is 4.08. The maximum absolute atomic E-state index is 6.67. The maximum Gasteiger partial charge on any atom is 0.161 e. The van der Waals surface area contributed by atoms with Gasteiger partial charge in [-0.1, -0.05) is 28.1 Å². The summed E-state index contributed by atoms with van der Waals surface area (Å²) in [4.78, 5) is 0. The van der Waals surface area contributed by atoms with Crippen molar-refractivity contribution in [2.24, 2.45) is 0 Å². The van der Waals surface area contributed by atoms with E-state index in [0.717, 1.165) is 32.5 Å². The minimum absolute atomic E-state index is 0.225. The van der Waals surface area contributed by atoms with Crippen LogP contribution in [0.1, 0.15) is 27.6 Å². The van der Waals surface area contributed by atoms with Crippen molar-refractivity contribution < 1.29 is 9.47 Å². The Morgan fingerprint density at radius 3 is 2.14 bits per heavy atom. The fourth-order valence-electron chi connectivity index (χ4n) is 2.27. The number of halogens is 2. The van der Waals surface area contributed by atoms with Crippen LogP contribution < -0.4 is 9.47 Å². The van der Waals surface area contributed by atoms with Crippen molar-refractivity contribution in [1.29, 1.82) is 0 Å². The minimum atomic E-state index is -0.225. The molecule has 1 unspecified atom stereocenters. The second-order valence-electron chi connectivity index (χ2n) is 4.93. The molecule has 0 fully saturated rings. The summed E-state index contributed by atoms with van der Waals surface area (Å²) in [5, 5.41) is -0.225. The van der Waals surface area contributed by atoms with Gasteiger partial charge in [-0.05, 0) is 54.3 Å². The molecule has 2 aromatic rings. The summed E-state index contributed by atoms with van der Waals surface area (Å²) in [5.41, 5.74) is 4.33. The smallest absolute Gasteiger partial charge is 0.161 e. The van der Waals surface area contributed by atoms with E-state index in [2.05, 4.69) is 28.9 Å². The quantitative estimate of drug-likeness (QED) is 0.671. The van der Waals surface area contributed by atoms with Crippen LogP contribution in [0.3, 0.4) is 0 Å². The molecule has 0 amide bonds. The normalized spacial score (nSPS) is 12.1. The van der Waals surface area contributed by atoms with E-state index in [1.54, 1.807) is 14.2 Å². The molecule has 0 aliphatic carbocycles. The summed E-state index contributed by atoms with van der Waals surface area (Å²) in [6, 6.07) is 10.1. The standard InChI is InChI=1S/C17H18BrClO2/c1-10-8-15(20-3)16(21-4)9-13(10)17(19)12-5-6-14(18)11(2)7-12/h5-9,17H,1-4H3. The van der Waals surface area contributed by atoms with Crippen LogP contribution in [0.15, 0.2) is 34.8 Å². The van der Waals surface area contributed by atoms with Crippen LogP contribution in [0.25, 0.3) is 0 Å². The van der Waals surface area contributed by atoms with Gasteiger partial charge in [-0.15, -0.1) is 11.6 Å². The van der Waals surface area contributed by atoms with Crippen LogP contribution in [0.4, 0.5) is 0 Å². The van der Waals surface area contributed by atoms with Crippen molar-refractivity contribution in [1.82, 2.24) is 0 Å². The number of alkyl halides is 1. The third-order valence-corrected chi connectivity index (χ3v) is 4.90. The van der Waals surface area contributed by atoms with Gasteiger partial charge in [0.15, 0.2) is 11.5 Å². The van der Waals surface area contributed by atoms with Gasteiger partial charge in [0.2, 0.25) is 0 Å². The van der Waals surface area contributed by atoms with Crippen molar-refractivity contribution in [2.45, 2.75) is 19.2 Å². The molecule has 1 atom stereocenters. The summed E-state index contributed by atoms with van der Waals surface area (Å²) in [5.74, 6) is 1.41. The fraction of sp³-hybridized carbons (Fsp3) is 0.294. The molecule has 0 radical (unpaired) electrons. The van der Waals surface area contributed by atoms with Gasteiger partial charge in [-0.2, -0.15) is 0 Å². The van der Waals surface area contributed by atoms with E-state index in [4.69, 9.17) is 21.1 Å². The number of rotatable bonds is 4. The molecule has 4 heteroatoms. The zero-order chi connectivity index (χ0) is 15.6. The molecule has 0 spiro atoms. The van der Waals surface area contributed by atoms with Gasteiger partial charge in [0.05, 0.1) is 19.6 Å². The molecular weight excluding hydrogens is 352 g/mol. The molecule has 2 rings (SSSR count). The van der Waals surface area contributed by atoms with Gasteiger partial charge in [-0.3, -0.25) is 0 Å². The summed E-state index contributed by atoms with van der Waals surface area (Å²) in [6.07, 6.45) is 0. The zero-order valence-corrected chi connectivity index (χ0v) is 14.9. The van der Waals surface area contributed by atoms with Crippen molar-refractivity contribution in [2.75, 3.05) is 14.2 Å². The lowest BCUT2D eigenvalue weighted by Crippen LogP contribution is -2.00. The fourth-order valence-corrected chi connectivity index (χ4v) is 2.89. The van der Waals surface area contributed by atoms with E-state index in [1.165, 1.54) is 0 Å². The van der Waals surface area contributed by atoms with E-state index in [1.807, 2.05) is 31.2 Å². The predicted octanol–water partition coefficient (Wildman–Crippen LogP) is 5.41. The lowest BCUT2D eigenvalue weighted by Gasteiger charge is -2.17. The Balaban J connectivity index is 2.47. The number of hydrogen-bond donors (Lipinski definition) is 0. The van der Waals surface area contributed by atoms with Gasteiger partial charge >= 0.3 is 0 Å². The Hall–Kier alpha value is -1.19. The number of aryl methyl sites for hydroxylation is 2. The van der Waals surface area contributed by atoms with Gasteiger partial charge in [0, 0.05) is 4.47 Å². The van der Waals surface area contributed by atoms with Crippen LogP contribution in [0.2, 0.25) is 0 Å². The lowest BCUT2D eigenvalue weighted by molar-refractivity contribution is 0.354. The second-order valence-corrected chi connectivity index (χ2v) is 6.23. The van der Waals surface area contributed by atoms with Crippen molar-refractivity contribution in [3.05, 3.63) is 57.1 Å². The molecule has 0 N–H and O–H groups in total. The molecular formula is C17H18BrClO2. The average Bonchev–Trinajstić information content (AvgIpc) is 2.49. The summed E-state index contributed by atoms with van der Waals surface area (Å²) in [7, 11) is 3.26. The van der Waals surface area contributed by atoms with Crippen molar-refractivity contribution in [3.8, 4) is 11.5 Å². The van der Waals surface area contributed by atoms with Gasteiger partial charge in [0.1, 0.15) is 0 Å². The molecule has 21 heavy (non-hydrogen) atoms. The van der Waals surface area contributed by atoms with Crippen LogP contribution in [-0.4, -0.2) is 14.2 Å².